The third-order valence-corrected chi connectivity index (χ3v) is 8.84. The maximum Gasteiger partial charge on any atom is 0.343 e. The number of carbonyl (C=O) groups is 3. The summed E-state index contributed by atoms with van der Waals surface area (Å²) in [4.78, 5) is 34.8. The summed E-state index contributed by atoms with van der Waals surface area (Å²) >= 11 is 0. The molecule has 0 heterocycles. The van der Waals surface area contributed by atoms with Gasteiger partial charge in [-0.1, -0.05) is 95.2 Å². The number of ether oxygens (including phenoxy) is 6. The van der Waals surface area contributed by atoms with E-state index in [1.54, 1.807) is 24.3 Å². The van der Waals surface area contributed by atoms with Crippen LogP contribution in [-0.2, 0) is 23.8 Å². The van der Waals surface area contributed by atoms with E-state index in [1.165, 1.54) is 50.7 Å². The second-order valence-electron chi connectivity index (χ2n) is 13.5. The summed E-state index contributed by atoms with van der Waals surface area (Å²) in [5, 5.41) is 0. The van der Waals surface area contributed by atoms with Crippen LogP contribution in [-0.4, -0.2) is 57.0 Å². The van der Waals surface area contributed by atoms with Gasteiger partial charge in [0.15, 0.2) is 0 Å². The molecule has 298 valence electrons. The van der Waals surface area contributed by atoms with Gasteiger partial charge in [-0.05, 0) is 98.7 Å². The topological polar surface area (TPSA) is 107 Å². The van der Waals surface area contributed by atoms with Crippen LogP contribution >= 0.6 is 0 Å². The van der Waals surface area contributed by atoms with E-state index in [1.807, 2.05) is 55.5 Å². The highest BCUT2D eigenvalue weighted by molar-refractivity contribution is 5.91. The van der Waals surface area contributed by atoms with Gasteiger partial charge >= 0.3 is 17.9 Å². The smallest absolute Gasteiger partial charge is 0.343 e. The van der Waals surface area contributed by atoms with Crippen molar-refractivity contribution in [3.63, 3.8) is 0 Å². The van der Waals surface area contributed by atoms with E-state index in [0.29, 0.717) is 44.3 Å². The predicted molar refractivity (Wildman–Crippen MR) is 217 cm³/mol. The molecule has 55 heavy (non-hydrogen) atoms. The molecule has 3 rings (SSSR count). The average Bonchev–Trinajstić information content (AvgIpc) is 3.20. The maximum atomic E-state index is 12.8. The molecule has 0 spiro atoms. The Morgan fingerprint density at radius 2 is 0.945 bits per heavy atom. The van der Waals surface area contributed by atoms with Crippen LogP contribution < -0.4 is 14.2 Å². The Balaban J connectivity index is 1.23. The van der Waals surface area contributed by atoms with E-state index in [0.717, 1.165) is 74.0 Å². The van der Waals surface area contributed by atoms with Crippen LogP contribution in [0.15, 0.2) is 98.1 Å². The summed E-state index contributed by atoms with van der Waals surface area (Å²) in [6.45, 7) is 11.5. The van der Waals surface area contributed by atoms with Crippen molar-refractivity contribution in [3.8, 4) is 28.4 Å². The fourth-order valence-corrected chi connectivity index (χ4v) is 5.74. The summed E-state index contributed by atoms with van der Waals surface area (Å²) in [7, 11) is 0. The quantitative estimate of drug-likeness (QED) is 0.0284. The standard InChI is InChI=1S/C46H60O9/c1-4-44(47)52-34-18-13-11-9-7-6-8-10-12-17-33-51-41-26-24-40(25-27-41)46(49)55-43-30-22-39(23-31-43)38-20-28-42(29-21-38)54-37(3)36-50-32-16-14-15-19-35-53-45(48)5-2/h4-5,20-31,37H,1-2,6-19,32-36H2,3H3/t37-/m0/s1. The molecule has 0 unspecified atom stereocenters. The SMILES string of the molecule is C=CC(=O)OCCCCCCCCCCCCOc1ccc(C(=O)Oc2ccc(-c3ccc(O[C@@H](C)COCCCCCCOC(=O)C=C)cc3)cc2)cc1. The molecule has 0 aromatic heterocycles. The number of carbonyl (C=O) groups excluding carboxylic acids is 3. The lowest BCUT2D eigenvalue weighted by molar-refractivity contribution is -0.138. The van der Waals surface area contributed by atoms with Gasteiger partial charge in [0.05, 0.1) is 32.0 Å². The summed E-state index contributed by atoms with van der Waals surface area (Å²) in [5.41, 5.74) is 2.48. The van der Waals surface area contributed by atoms with Gasteiger partial charge in [0, 0.05) is 18.8 Å². The number of rotatable bonds is 30. The fourth-order valence-electron chi connectivity index (χ4n) is 5.74. The molecule has 0 aliphatic rings. The zero-order valence-corrected chi connectivity index (χ0v) is 32.7. The predicted octanol–water partition coefficient (Wildman–Crippen LogP) is 10.7. The van der Waals surface area contributed by atoms with E-state index in [9.17, 15) is 14.4 Å². The van der Waals surface area contributed by atoms with Crippen LogP contribution in [0.5, 0.6) is 17.2 Å². The van der Waals surface area contributed by atoms with Crippen LogP contribution in [0.25, 0.3) is 11.1 Å². The maximum absolute atomic E-state index is 12.8. The highest BCUT2D eigenvalue weighted by Crippen LogP contribution is 2.26. The highest BCUT2D eigenvalue weighted by atomic mass is 16.5. The lowest BCUT2D eigenvalue weighted by Gasteiger charge is -2.15. The van der Waals surface area contributed by atoms with Gasteiger partial charge in [0.25, 0.3) is 0 Å². The van der Waals surface area contributed by atoms with Crippen molar-refractivity contribution in [2.45, 2.75) is 103 Å². The molecule has 0 bridgehead atoms. The first-order valence-corrected chi connectivity index (χ1v) is 19.9. The molecule has 9 heteroatoms. The van der Waals surface area contributed by atoms with E-state index in [-0.39, 0.29) is 18.0 Å². The Labute approximate surface area is 328 Å². The highest BCUT2D eigenvalue weighted by Gasteiger charge is 2.10. The van der Waals surface area contributed by atoms with Crippen LogP contribution in [0.4, 0.5) is 0 Å². The average molecular weight is 757 g/mol. The van der Waals surface area contributed by atoms with Gasteiger partial charge < -0.3 is 28.4 Å². The summed E-state index contributed by atoms with van der Waals surface area (Å²) in [6, 6.07) is 22.4. The molecule has 0 N–H and O–H groups in total. The normalized spacial score (nSPS) is 11.3. The first-order valence-electron chi connectivity index (χ1n) is 19.9. The number of unbranched alkanes of at least 4 members (excludes halogenated alkanes) is 12. The Morgan fingerprint density at radius 3 is 1.44 bits per heavy atom. The van der Waals surface area contributed by atoms with Gasteiger partial charge in [-0.15, -0.1) is 0 Å². The van der Waals surface area contributed by atoms with E-state index in [4.69, 9.17) is 28.4 Å². The molecule has 3 aromatic carbocycles. The minimum atomic E-state index is -0.420. The third kappa shape index (κ3) is 19.8. The monoisotopic (exact) mass is 756 g/mol. The molecule has 0 aliphatic carbocycles. The van der Waals surface area contributed by atoms with Crippen LogP contribution in [0, 0.1) is 0 Å². The third-order valence-electron chi connectivity index (χ3n) is 8.84. The number of hydrogen-bond acceptors (Lipinski definition) is 9. The Hall–Kier alpha value is -4.89. The molecule has 0 fully saturated rings. The minimum absolute atomic E-state index is 0.0874. The number of esters is 3. The van der Waals surface area contributed by atoms with Crippen LogP contribution in [0.1, 0.15) is 107 Å². The number of hydrogen-bond donors (Lipinski definition) is 0. The van der Waals surface area contributed by atoms with Gasteiger partial charge in [-0.2, -0.15) is 0 Å². The summed E-state index contributed by atoms with van der Waals surface area (Å²) in [6.07, 6.45) is 17.6. The van der Waals surface area contributed by atoms with Crippen molar-refractivity contribution in [3.05, 3.63) is 104 Å². The second-order valence-corrected chi connectivity index (χ2v) is 13.5. The van der Waals surface area contributed by atoms with Gasteiger partial charge in [0.1, 0.15) is 23.4 Å². The van der Waals surface area contributed by atoms with E-state index >= 15 is 0 Å². The van der Waals surface area contributed by atoms with Gasteiger partial charge in [-0.3, -0.25) is 0 Å². The summed E-state index contributed by atoms with van der Waals surface area (Å²) < 4.78 is 33.3. The van der Waals surface area contributed by atoms with Crippen molar-refractivity contribution >= 4 is 17.9 Å². The van der Waals surface area contributed by atoms with Gasteiger partial charge in [-0.25, -0.2) is 14.4 Å². The molecular formula is C46H60O9. The fraction of sp³-hybridized carbons (Fsp3) is 0.457. The lowest BCUT2D eigenvalue weighted by Crippen LogP contribution is -2.19. The molecule has 9 nitrogen and oxygen atoms in total. The van der Waals surface area contributed by atoms with Crippen molar-refractivity contribution in [1.29, 1.82) is 0 Å². The van der Waals surface area contributed by atoms with Crippen LogP contribution in [0.3, 0.4) is 0 Å². The van der Waals surface area contributed by atoms with Crippen molar-refractivity contribution in [2.75, 3.05) is 33.0 Å². The van der Waals surface area contributed by atoms with Crippen molar-refractivity contribution in [1.82, 2.24) is 0 Å². The second kappa shape index (κ2) is 27.7. The number of benzene rings is 3. The van der Waals surface area contributed by atoms with Crippen LogP contribution in [0.2, 0.25) is 0 Å². The Kier molecular flexibility index (Phi) is 22.4. The minimum Gasteiger partial charge on any atom is -0.494 e. The molecule has 0 amide bonds. The Morgan fingerprint density at radius 1 is 0.527 bits per heavy atom. The molecule has 0 saturated carbocycles. The first kappa shape index (κ1) is 44.5. The zero-order chi connectivity index (χ0) is 39.4. The van der Waals surface area contributed by atoms with E-state index < -0.39 is 5.97 Å². The molecule has 3 aromatic rings. The zero-order valence-electron chi connectivity index (χ0n) is 32.7. The van der Waals surface area contributed by atoms with Crippen molar-refractivity contribution < 1.29 is 42.8 Å². The molecule has 0 radical (unpaired) electrons. The Bertz CT molecular complexity index is 1530. The lowest BCUT2D eigenvalue weighted by atomic mass is 10.1. The van der Waals surface area contributed by atoms with Crippen molar-refractivity contribution in [2.24, 2.45) is 0 Å². The van der Waals surface area contributed by atoms with Gasteiger partial charge in [0.2, 0.25) is 0 Å². The molecule has 0 aliphatic heterocycles. The molecule has 1 atom stereocenters. The van der Waals surface area contributed by atoms with E-state index in [2.05, 4.69) is 13.2 Å². The first-order chi connectivity index (χ1) is 26.9. The molecular weight excluding hydrogens is 696 g/mol. The summed E-state index contributed by atoms with van der Waals surface area (Å²) in [5.74, 6) is 0.843. The largest absolute Gasteiger partial charge is 0.494 e. The molecule has 0 saturated heterocycles.